The van der Waals surface area contributed by atoms with E-state index in [9.17, 15) is 0 Å². The number of hydrogen-bond acceptors (Lipinski definition) is 7. The van der Waals surface area contributed by atoms with Gasteiger partial charge in [0.25, 0.3) is 0 Å². The van der Waals surface area contributed by atoms with Crippen LogP contribution in [0, 0.1) is 0 Å². The summed E-state index contributed by atoms with van der Waals surface area (Å²) in [5, 5.41) is 22.1. The second kappa shape index (κ2) is 7.46. The van der Waals surface area contributed by atoms with E-state index in [1.165, 1.54) is 19.3 Å². The molecule has 0 saturated carbocycles. The predicted molar refractivity (Wildman–Crippen MR) is 102 cm³/mol. The van der Waals surface area contributed by atoms with Gasteiger partial charge in [0.15, 0.2) is 11.5 Å². The summed E-state index contributed by atoms with van der Waals surface area (Å²) in [6.45, 7) is 3.98. The number of rotatable bonds is 4. The molecular formula is C19H26N8O. The third-order valence-electron chi connectivity index (χ3n) is 5.98. The highest BCUT2D eigenvalue weighted by Crippen LogP contribution is 2.28. The van der Waals surface area contributed by atoms with Gasteiger partial charge < -0.3 is 9.30 Å². The van der Waals surface area contributed by atoms with Gasteiger partial charge in [-0.25, -0.2) is 0 Å². The summed E-state index contributed by atoms with van der Waals surface area (Å²) in [6.07, 6.45) is 6.90. The molecule has 0 aliphatic carbocycles. The van der Waals surface area contributed by atoms with Gasteiger partial charge >= 0.3 is 0 Å². The van der Waals surface area contributed by atoms with Crippen molar-refractivity contribution in [1.82, 2.24) is 39.5 Å². The predicted octanol–water partition coefficient (Wildman–Crippen LogP) is 1.83. The summed E-state index contributed by atoms with van der Waals surface area (Å²) < 4.78 is 9.43. The molecule has 0 radical (unpaired) electrons. The molecule has 3 aromatic rings. The molecule has 0 unspecified atom stereocenters. The smallest absolute Gasteiger partial charge is 0.231 e. The van der Waals surface area contributed by atoms with Crippen LogP contribution in [0.5, 0.6) is 5.88 Å². The molecule has 0 amide bonds. The number of fused-ring (bicyclic) bond motifs is 2. The lowest BCUT2D eigenvalue weighted by atomic mass is 9.96. The molecule has 9 heteroatoms. The molecule has 2 aliphatic rings. The van der Waals surface area contributed by atoms with Crippen LogP contribution >= 0.6 is 0 Å². The van der Waals surface area contributed by atoms with E-state index in [0.717, 1.165) is 68.6 Å². The van der Waals surface area contributed by atoms with Crippen molar-refractivity contribution in [1.29, 1.82) is 0 Å². The minimum Gasteiger partial charge on any atom is -0.480 e. The van der Waals surface area contributed by atoms with E-state index in [2.05, 4.69) is 35.0 Å². The zero-order chi connectivity index (χ0) is 18.9. The van der Waals surface area contributed by atoms with Gasteiger partial charge in [-0.1, -0.05) is 6.42 Å². The van der Waals surface area contributed by atoms with Gasteiger partial charge in [0.05, 0.1) is 13.7 Å². The Morgan fingerprint density at radius 2 is 1.89 bits per heavy atom. The molecule has 2 aliphatic heterocycles. The molecule has 1 saturated heterocycles. The van der Waals surface area contributed by atoms with Crippen LogP contribution in [0.3, 0.4) is 0 Å². The summed E-state index contributed by atoms with van der Waals surface area (Å²) in [5.41, 5.74) is 0.768. The van der Waals surface area contributed by atoms with Gasteiger partial charge in [-0.05, 0) is 44.8 Å². The van der Waals surface area contributed by atoms with E-state index in [1.807, 2.05) is 16.6 Å². The Morgan fingerprint density at radius 3 is 2.75 bits per heavy atom. The second-order valence-electron chi connectivity index (χ2n) is 7.75. The molecule has 0 atom stereocenters. The van der Waals surface area contributed by atoms with Crippen LogP contribution in [0.1, 0.15) is 55.5 Å². The lowest BCUT2D eigenvalue weighted by Gasteiger charge is -2.30. The van der Waals surface area contributed by atoms with Crippen LogP contribution in [-0.4, -0.2) is 59.7 Å². The largest absolute Gasteiger partial charge is 0.480 e. The summed E-state index contributed by atoms with van der Waals surface area (Å²) in [6, 6.07) is 3.71. The summed E-state index contributed by atoms with van der Waals surface area (Å²) in [5.74, 6) is 4.16. The second-order valence-corrected chi connectivity index (χ2v) is 7.75. The molecule has 5 heterocycles. The Hall–Kier alpha value is -2.55. The van der Waals surface area contributed by atoms with Crippen molar-refractivity contribution >= 4 is 5.65 Å². The third kappa shape index (κ3) is 3.23. The van der Waals surface area contributed by atoms with Crippen molar-refractivity contribution in [2.45, 2.75) is 57.5 Å². The van der Waals surface area contributed by atoms with Crippen molar-refractivity contribution in [2.75, 3.05) is 20.2 Å². The van der Waals surface area contributed by atoms with E-state index < -0.39 is 0 Å². The van der Waals surface area contributed by atoms with E-state index in [1.54, 1.807) is 7.11 Å². The number of aryl methyl sites for hydroxylation is 1. The molecule has 0 bridgehead atoms. The van der Waals surface area contributed by atoms with Crippen molar-refractivity contribution in [3.63, 3.8) is 0 Å². The standard InChI is InChI=1S/C19H26N8O/c1-28-18-7-6-16-21-23-19(27(16)24-18)14-8-11-25(12-9-14)13-17-22-20-15-5-3-2-4-10-26(15)17/h6-7,14H,2-5,8-13H2,1H3. The van der Waals surface area contributed by atoms with Crippen LogP contribution in [0.2, 0.25) is 0 Å². The average molecular weight is 382 g/mol. The SMILES string of the molecule is COc1ccc2nnc(C3CCN(Cc4nnc5n4CCCCC5)CC3)n2n1. The number of nitrogens with zero attached hydrogens (tertiary/aromatic N) is 8. The van der Waals surface area contributed by atoms with Gasteiger partial charge in [0.1, 0.15) is 11.6 Å². The summed E-state index contributed by atoms with van der Waals surface area (Å²) >= 11 is 0. The molecule has 3 aromatic heterocycles. The fourth-order valence-corrected chi connectivity index (χ4v) is 4.36. The van der Waals surface area contributed by atoms with E-state index >= 15 is 0 Å². The average Bonchev–Trinajstić information content (AvgIpc) is 3.24. The Labute approximate surface area is 163 Å². The van der Waals surface area contributed by atoms with Crippen LogP contribution in [0.15, 0.2) is 12.1 Å². The number of aromatic nitrogens is 7. The van der Waals surface area contributed by atoms with Crippen LogP contribution < -0.4 is 4.74 Å². The topological polar surface area (TPSA) is 86.3 Å². The molecule has 0 spiro atoms. The minimum atomic E-state index is 0.362. The molecule has 1 fully saturated rings. The number of ether oxygens (including phenoxy) is 1. The van der Waals surface area contributed by atoms with Crippen molar-refractivity contribution < 1.29 is 4.74 Å². The minimum absolute atomic E-state index is 0.362. The van der Waals surface area contributed by atoms with Gasteiger partial charge in [0.2, 0.25) is 5.88 Å². The van der Waals surface area contributed by atoms with Crippen LogP contribution in [0.25, 0.3) is 5.65 Å². The monoisotopic (exact) mass is 382 g/mol. The van der Waals surface area contributed by atoms with E-state index in [4.69, 9.17) is 4.74 Å². The van der Waals surface area contributed by atoms with Gasteiger partial charge in [-0.3, -0.25) is 4.90 Å². The number of hydrogen-bond donors (Lipinski definition) is 0. The highest BCUT2D eigenvalue weighted by molar-refractivity contribution is 5.38. The van der Waals surface area contributed by atoms with Crippen LogP contribution in [0.4, 0.5) is 0 Å². The quantitative estimate of drug-likeness (QED) is 0.680. The summed E-state index contributed by atoms with van der Waals surface area (Å²) in [7, 11) is 1.63. The highest BCUT2D eigenvalue weighted by Gasteiger charge is 2.26. The number of piperidine rings is 1. The normalized spacial score (nSPS) is 18.9. The Balaban J connectivity index is 1.27. The zero-order valence-corrected chi connectivity index (χ0v) is 16.3. The molecule has 28 heavy (non-hydrogen) atoms. The fourth-order valence-electron chi connectivity index (χ4n) is 4.36. The molecule has 0 aromatic carbocycles. The molecule has 9 nitrogen and oxygen atoms in total. The first kappa shape index (κ1) is 17.5. The van der Waals surface area contributed by atoms with Crippen molar-refractivity contribution in [3.8, 4) is 5.88 Å². The van der Waals surface area contributed by atoms with E-state index in [-0.39, 0.29) is 0 Å². The first-order valence-electron chi connectivity index (χ1n) is 10.2. The highest BCUT2D eigenvalue weighted by atomic mass is 16.5. The van der Waals surface area contributed by atoms with Gasteiger partial charge in [-0.2, -0.15) is 4.52 Å². The van der Waals surface area contributed by atoms with Gasteiger partial charge in [-0.15, -0.1) is 25.5 Å². The maximum atomic E-state index is 5.25. The lowest BCUT2D eigenvalue weighted by molar-refractivity contribution is 0.194. The third-order valence-corrected chi connectivity index (χ3v) is 5.98. The lowest BCUT2D eigenvalue weighted by Crippen LogP contribution is -2.34. The van der Waals surface area contributed by atoms with Crippen molar-refractivity contribution in [3.05, 3.63) is 29.6 Å². The Bertz CT molecular complexity index is 956. The number of likely N-dealkylation sites (tertiary alicyclic amines) is 1. The first-order valence-corrected chi connectivity index (χ1v) is 10.2. The van der Waals surface area contributed by atoms with Crippen LogP contribution in [-0.2, 0) is 19.5 Å². The first-order chi connectivity index (χ1) is 13.8. The molecular weight excluding hydrogens is 356 g/mol. The van der Waals surface area contributed by atoms with Crippen molar-refractivity contribution in [2.24, 2.45) is 0 Å². The Kier molecular flexibility index (Phi) is 4.67. The fraction of sp³-hybridized carbons (Fsp3) is 0.632. The molecule has 0 N–H and O–H groups in total. The van der Waals surface area contributed by atoms with E-state index in [0.29, 0.717) is 11.8 Å². The maximum absolute atomic E-state index is 5.25. The zero-order valence-electron chi connectivity index (χ0n) is 16.3. The maximum Gasteiger partial charge on any atom is 0.231 e. The van der Waals surface area contributed by atoms with Gasteiger partial charge in [0, 0.05) is 24.9 Å². The molecule has 148 valence electrons. The summed E-state index contributed by atoms with van der Waals surface area (Å²) in [4.78, 5) is 2.48. The Morgan fingerprint density at radius 1 is 1.00 bits per heavy atom. The number of methoxy groups -OCH3 is 1. The molecule has 5 rings (SSSR count).